The molecule has 3 heteroatoms. The summed E-state index contributed by atoms with van der Waals surface area (Å²) in [7, 11) is 0. The fourth-order valence-corrected chi connectivity index (χ4v) is 32.2. The van der Waals surface area contributed by atoms with E-state index in [1.165, 1.54) is 104 Å². The van der Waals surface area contributed by atoms with Gasteiger partial charge in [-0.15, -0.1) is 0 Å². The van der Waals surface area contributed by atoms with Gasteiger partial charge in [-0.25, -0.2) is 0 Å². The van der Waals surface area contributed by atoms with Gasteiger partial charge in [-0.1, -0.05) is 0 Å². The summed E-state index contributed by atoms with van der Waals surface area (Å²) in [6, 6.07) is 0. The van der Waals surface area contributed by atoms with Crippen molar-refractivity contribution in [2.45, 2.75) is 145 Å². The van der Waals surface area contributed by atoms with Crippen LogP contribution in [0.4, 0.5) is 0 Å². The molecule has 31 heavy (non-hydrogen) atoms. The first kappa shape index (κ1) is 31.9. The standard InChI is InChI=1S/C4H4O.6C4H9.2Sn/c1-3-5-4-2;6*1-3-4-2;;/h1-4H;6*1,3-4H2,2H3;;. The predicted octanol–water partition coefficient (Wildman–Crippen LogP) is 10.8. The van der Waals surface area contributed by atoms with Crippen molar-refractivity contribution in [2.24, 2.45) is 0 Å². The molecule has 0 aliphatic carbocycles. The topological polar surface area (TPSA) is 9.23 Å². The first-order valence-electron chi connectivity index (χ1n) is 14.1. The number of hydrogen-bond donors (Lipinski definition) is 0. The summed E-state index contributed by atoms with van der Waals surface area (Å²) in [4.78, 5) is 0. The molecule has 0 fully saturated rings. The Morgan fingerprint density at radius 3 is 0.839 bits per heavy atom. The van der Waals surface area contributed by atoms with E-state index in [1.54, 1.807) is 0 Å². The van der Waals surface area contributed by atoms with Crippen LogP contribution in [0.5, 0.6) is 0 Å². The fraction of sp³-hybridized carbons (Fsp3) is 0.857. The number of hydrogen-bond acceptors (Lipinski definition) is 1. The molecule has 0 spiro atoms. The maximum absolute atomic E-state index is 6.17. The van der Waals surface area contributed by atoms with Crippen LogP contribution in [0.25, 0.3) is 0 Å². The number of rotatable bonds is 22. The molecule has 0 aromatic carbocycles. The monoisotopic (exact) mass is 650 g/mol. The van der Waals surface area contributed by atoms with Crippen LogP contribution >= 0.6 is 0 Å². The predicted molar refractivity (Wildman–Crippen MR) is 149 cm³/mol. The Morgan fingerprint density at radius 2 is 0.645 bits per heavy atom. The van der Waals surface area contributed by atoms with Crippen LogP contribution in [0.3, 0.4) is 0 Å². The quantitative estimate of drug-likeness (QED) is 0.0839. The van der Waals surface area contributed by atoms with Gasteiger partial charge in [0.2, 0.25) is 0 Å². The molecule has 0 aromatic heterocycles. The van der Waals surface area contributed by atoms with Gasteiger partial charge in [0.1, 0.15) is 0 Å². The van der Waals surface area contributed by atoms with Gasteiger partial charge in [-0.3, -0.25) is 0 Å². The third kappa shape index (κ3) is 15.4. The third-order valence-electron chi connectivity index (χ3n) is 7.17. The summed E-state index contributed by atoms with van der Waals surface area (Å²) >= 11 is -4.41. The summed E-state index contributed by atoms with van der Waals surface area (Å²) < 4.78 is 20.7. The van der Waals surface area contributed by atoms with E-state index in [-0.39, 0.29) is 0 Å². The molecule has 0 rings (SSSR count). The van der Waals surface area contributed by atoms with Gasteiger partial charge in [0.25, 0.3) is 0 Å². The molecule has 0 N–H and O–H groups in total. The van der Waals surface area contributed by atoms with Crippen LogP contribution in [0.2, 0.25) is 26.6 Å². The molecule has 0 aliphatic heterocycles. The molecule has 0 radical (unpaired) electrons. The van der Waals surface area contributed by atoms with Gasteiger partial charge in [0.05, 0.1) is 0 Å². The van der Waals surface area contributed by atoms with Crippen molar-refractivity contribution in [3.63, 3.8) is 0 Å². The van der Waals surface area contributed by atoms with E-state index in [9.17, 15) is 0 Å². The summed E-state index contributed by atoms with van der Waals surface area (Å²) in [5, 5.41) is 0. The maximum atomic E-state index is 6.17. The molecule has 0 saturated carbocycles. The van der Waals surface area contributed by atoms with Crippen LogP contribution in [0.15, 0.2) is 20.7 Å². The van der Waals surface area contributed by atoms with Gasteiger partial charge in [-0.05, 0) is 0 Å². The average molecular weight is 648 g/mol. The Balaban J connectivity index is 5.32. The second kappa shape index (κ2) is 21.4. The van der Waals surface area contributed by atoms with E-state index in [0.717, 1.165) is 0 Å². The van der Waals surface area contributed by atoms with E-state index < -0.39 is 36.8 Å². The van der Waals surface area contributed by atoms with Crippen LogP contribution in [0, 0.1) is 0 Å². The summed E-state index contributed by atoms with van der Waals surface area (Å²) in [6.07, 6.45) is 20.9. The first-order chi connectivity index (χ1) is 15.1. The average Bonchev–Trinajstić information content (AvgIpc) is 2.80. The molecule has 0 aromatic rings. The Hall–Kier alpha value is 0.877. The minimum absolute atomic E-state index is 1.34. The van der Waals surface area contributed by atoms with Crippen molar-refractivity contribution in [1.82, 2.24) is 0 Å². The van der Waals surface area contributed by atoms with Crippen LogP contribution < -0.4 is 0 Å². The first-order valence-corrected chi connectivity index (χ1v) is 29.5. The molecule has 0 bridgehead atoms. The van der Waals surface area contributed by atoms with Crippen molar-refractivity contribution >= 4 is 36.8 Å². The van der Waals surface area contributed by atoms with Gasteiger partial charge in [-0.2, -0.15) is 0 Å². The van der Waals surface area contributed by atoms with Crippen molar-refractivity contribution in [3.05, 3.63) is 20.7 Å². The van der Waals surface area contributed by atoms with Gasteiger partial charge >= 0.3 is 207 Å². The fourth-order valence-electron chi connectivity index (χ4n) is 4.84. The molecular weight excluding hydrogens is 590 g/mol. The summed E-state index contributed by atoms with van der Waals surface area (Å²) in [6.45, 7) is 14.1. The van der Waals surface area contributed by atoms with Gasteiger partial charge in [0.15, 0.2) is 0 Å². The van der Waals surface area contributed by atoms with Gasteiger partial charge < -0.3 is 0 Å². The van der Waals surface area contributed by atoms with E-state index in [1.807, 2.05) is 0 Å². The summed E-state index contributed by atoms with van der Waals surface area (Å²) in [5.41, 5.74) is 0. The third-order valence-corrected chi connectivity index (χ3v) is 35.1. The van der Waals surface area contributed by atoms with Crippen LogP contribution in [-0.2, 0) is 4.74 Å². The molecule has 0 aliphatic rings. The Kier molecular flexibility index (Phi) is 22.0. The molecule has 0 atom stereocenters. The van der Waals surface area contributed by atoms with E-state index in [4.69, 9.17) is 4.74 Å². The molecule has 184 valence electrons. The summed E-state index contributed by atoms with van der Waals surface area (Å²) in [5.74, 6) is 0. The van der Waals surface area contributed by atoms with Crippen molar-refractivity contribution in [1.29, 1.82) is 0 Å². The zero-order valence-corrected chi connectivity index (χ0v) is 28.2. The van der Waals surface area contributed by atoms with Crippen molar-refractivity contribution in [3.8, 4) is 0 Å². The second-order valence-corrected chi connectivity index (χ2v) is 36.1. The molecule has 0 saturated heterocycles. The molecule has 0 unspecified atom stereocenters. The Bertz CT molecular complexity index is 361. The zero-order valence-electron chi connectivity index (χ0n) is 22.4. The number of unbranched alkanes of at least 4 members (excludes halogenated alkanes) is 6. The molecule has 0 amide bonds. The Labute approximate surface area is 206 Å². The normalized spacial score (nSPS) is 13.0. The minimum atomic E-state index is -2.20. The van der Waals surface area contributed by atoms with Crippen molar-refractivity contribution < 1.29 is 4.74 Å². The van der Waals surface area contributed by atoms with Crippen LogP contribution in [0.1, 0.15) is 119 Å². The Morgan fingerprint density at radius 1 is 0.419 bits per heavy atom. The molecule has 0 heterocycles. The SMILES string of the molecule is CCC[CH2][Sn]([CH]=COC=[CH][Sn]([CH2]CCC)([CH2]CCC)[CH2]CCC)([CH2]CCC)[CH2]CCC. The van der Waals surface area contributed by atoms with Gasteiger partial charge in [0, 0.05) is 0 Å². The molecular formula is C28H58OSn2. The van der Waals surface area contributed by atoms with E-state index in [0.29, 0.717) is 0 Å². The second-order valence-electron chi connectivity index (χ2n) is 10.1. The van der Waals surface area contributed by atoms with E-state index >= 15 is 0 Å². The van der Waals surface area contributed by atoms with E-state index in [2.05, 4.69) is 62.3 Å². The molecule has 1 nitrogen and oxygen atoms in total. The zero-order chi connectivity index (χ0) is 23.3. The number of ether oxygens (including phenoxy) is 1. The van der Waals surface area contributed by atoms with Crippen molar-refractivity contribution in [2.75, 3.05) is 0 Å². The van der Waals surface area contributed by atoms with Crippen LogP contribution in [-0.4, -0.2) is 36.8 Å².